The number of benzene rings is 3. The number of carbonyl (C=O) groups is 1. The number of hydrogen-bond acceptors (Lipinski definition) is 3. The maximum atomic E-state index is 12.6. The predicted octanol–water partition coefficient (Wildman–Crippen LogP) is 6.52. The summed E-state index contributed by atoms with van der Waals surface area (Å²) in [6.07, 6.45) is 0. The van der Waals surface area contributed by atoms with Crippen molar-refractivity contribution in [2.24, 2.45) is 0 Å². The molecule has 0 aliphatic rings. The van der Waals surface area contributed by atoms with Crippen molar-refractivity contribution in [2.75, 3.05) is 6.61 Å². The molecule has 3 rings (SSSR count). The van der Waals surface area contributed by atoms with E-state index in [2.05, 4.69) is 5.32 Å². The van der Waals surface area contributed by atoms with E-state index in [1.807, 2.05) is 86.6 Å². The van der Waals surface area contributed by atoms with Crippen molar-refractivity contribution in [2.45, 2.75) is 30.5 Å². The number of halogens is 1. The second-order valence-electron chi connectivity index (χ2n) is 6.64. The highest BCUT2D eigenvalue weighted by molar-refractivity contribution is 7.98. The van der Waals surface area contributed by atoms with Crippen molar-refractivity contribution >= 4 is 29.3 Å². The summed E-state index contributed by atoms with van der Waals surface area (Å²) in [6.45, 7) is 4.57. The van der Waals surface area contributed by atoms with E-state index >= 15 is 0 Å². The summed E-state index contributed by atoms with van der Waals surface area (Å²) >= 11 is 7.66. The third-order valence-electron chi connectivity index (χ3n) is 4.47. The molecule has 5 heteroatoms. The molecule has 0 aromatic heterocycles. The van der Waals surface area contributed by atoms with Crippen LogP contribution in [0, 0.1) is 0 Å². The Morgan fingerprint density at radius 3 is 2.28 bits per heavy atom. The smallest absolute Gasteiger partial charge is 0.251 e. The SMILES string of the molecule is CCOc1ccc([C@H](C)NC(=O)c2ccc(CSc3ccc(Cl)cc3)cc2)cc1. The highest BCUT2D eigenvalue weighted by Crippen LogP contribution is 2.24. The van der Waals surface area contributed by atoms with Crippen LogP contribution < -0.4 is 10.1 Å². The zero-order valence-corrected chi connectivity index (χ0v) is 18.1. The molecular weight excluding hydrogens is 402 g/mol. The molecule has 0 aliphatic heterocycles. The average Bonchev–Trinajstić information content (AvgIpc) is 2.74. The molecule has 0 saturated heterocycles. The maximum absolute atomic E-state index is 12.6. The molecule has 3 aromatic carbocycles. The van der Waals surface area contributed by atoms with Gasteiger partial charge >= 0.3 is 0 Å². The molecule has 3 nitrogen and oxygen atoms in total. The van der Waals surface area contributed by atoms with E-state index in [4.69, 9.17) is 16.3 Å². The number of rotatable bonds is 8. The first-order valence-corrected chi connectivity index (χ1v) is 10.9. The molecule has 0 spiro atoms. The standard InChI is InChI=1S/C24H24ClNO2S/c1-3-28-22-12-8-19(9-13-22)17(2)26-24(27)20-6-4-18(5-7-20)16-29-23-14-10-21(25)11-15-23/h4-15,17H,3,16H2,1-2H3,(H,26,27)/t17-/m0/s1. The van der Waals surface area contributed by atoms with Gasteiger partial charge in [0.2, 0.25) is 0 Å². The Kier molecular flexibility index (Phi) is 7.62. The number of hydrogen-bond donors (Lipinski definition) is 1. The number of ether oxygens (including phenoxy) is 1. The molecule has 3 aromatic rings. The molecule has 0 heterocycles. The lowest BCUT2D eigenvalue weighted by Gasteiger charge is -2.15. The summed E-state index contributed by atoms with van der Waals surface area (Å²) in [7, 11) is 0. The maximum Gasteiger partial charge on any atom is 0.251 e. The van der Waals surface area contributed by atoms with Gasteiger partial charge in [-0.1, -0.05) is 35.9 Å². The van der Waals surface area contributed by atoms with E-state index in [-0.39, 0.29) is 11.9 Å². The quantitative estimate of drug-likeness (QED) is 0.417. The predicted molar refractivity (Wildman–Crippen MR) is 121 cm³/mol. The van der Waals surface area contributed by atoms with Crippen molar-refractivity contribution in [3.05, 3.63) is 94.5 Å². The summed E-state index contributed by atoms with van der Waals surface area (Å²) in [5.41, 5.74) is 2.86. The minimum absolute atomic E-state index is 0.0803. The largest absolute Gasteiger partial charge is 0.494 e. The second-order valence-corrected chi connectivity index (χ2v) is 8.12. The lowest BCUT2D eigenvalue weighted by atomic mass is 10.1. The fourth-order valence-electron chi connectivity index (χ4n) is 2.83. The van der Waals surface area contributed by atoms with Crippen LogP contribution in [0.4, 0.5) is 0 Å². The van der Waals surface area contributed by atoms with Crippen LogP contribution in [0.15, 0.2) is 77.7 Å². The first-order valence-electron chi connectivity index (χ1n) is 9.56. The Labute approximate surface area is 181 Å². The van der Waals surface area contributed by atoms with Gasteiger partial charge in [0.25, 0.3) is 5.91 Å². The van der Waals surface area contributed by atoms with E-state index in [1.165, 1.54) is 10.5 Å². The van der Waals surface area contributed by atoms with Gasteiger partial charge in [0, 0.05) is 21.2 Å². The molecule has 0 fully saturated rings. The lowest BCUT2D eigenvalue weighted by Crippen LogP contribution is -2.26. The van der Waals surface area contributed by atoms with E-state index in [0.29, 0.717) is 12.2 Å². The van der Waals surface area contributed by atoms with Crippen molar-refractivity contribution in [3.8, 4) is 5.75 Å². The van der Waals surface area contributed by atoms with Gasteiger partial charge in [-0.3, -0.25) is 4.79 Å². The topological polar surface area (TPSA) is 38.3 Å². The van der Waals surface area contributed by atoms with E-state index in [1.54, 1.807) is 11.8 Å². The summed E-state index contributed by atoms with van der Waals surface area (Å²) in [5, 5.41) is 3.79. The molecular formula is C24H24ClNO2S. The molecule has 150 valence electrons. The van der Waals surface area contributed by atoms with Gasteiger partial charge in [-0.05, 0) is 73.5 Å². The van der Waals surface area contributed by atoms with Gasteiger partial charge in [-0.2, -0.15) is 0 Å². The van der Waals surface area contributed by atoms with E-state index in [9.17, 15) is 4.79 Å². The van der Waals surface area contributed by atoms with Crippen molar-refractivity contribution in [1.82, 2.24) is 5.32 Å². The average molecular weight is 426 g/mol. The number of nitrogens with one attached hydrogen (secondary N) is 1. The van der Waals surface area contributed by atoms with Gasteiger partial charge in [-0.25, -0.2) is 0 Å². The minimum atomic E-state index is -0.0849. The molecule has 0 bridgehead atoms. The Bertz CT molecular complexity index is 925. The van der Waals surface area contributed by atoms with Crippen LogP contribution >= 0.6 is 23.4 Å². The summed E-state index contributed by atoms with van der Waals surface area (Å²) in [4.78, 5) is 13.7. The first kappa shape index (κ1) is 21.3. The Balaban J connectivity index is 1.54. The zero-order valence-electron chi connectivity index (χ0n) is 16.5. The summed E-state index contributed by atoms with van der Waals surface area (Å²) < 4.78 is 5.46. The second kappa shape index (κ2) is 10.4. The number of thioether (sulfide) groups is 1. The summed E-state index contributed by atoms with van der Waals surface area (Å²) in [5.74, 6) is 1.59. The van der Waals surface area contributed by atoms with Crippen LogP contribution in [-0.2, 0) is 5.75 Å². The zero-order chi connectivity index (χ0) is 20.6. The summed E-state index contributed by atoms with van der Waals surface area (Å²) in [6, 6.07) is 23.3. The highest BCUT2D eigenvalue weighted by Gasteiger charge is 2.11. The Hall–Kier alpha value is -2.43. The molecule has 0 aliphatic carbocycles. The van der Waals surface area contributed by atoms with Crippen molar-refractivity contribution in [3.63, 3.8) is 0 Å². The first-order chi connectivity index (χ1) is 14.0. The monoisotopic (exact) mass is 425 g/mol. The van der Waals surface area contributed by atoms with Crippen molar-refractivity contribution < 1.29 is 9.53 Å². The molecule has 1 atom stereocenters. The Morgan fingerprint density at radius 1 is 1.00 bits per heavy atom. The third kappa shape index (κ3) is 6.28. The highest BCUT2D eigenvalue weighted by atomic mass is 35.5. The lowest BCUT2D eigenvalue weighted by molar-refractivity contribution is 0.0940. The van der Waals surface area contributed by atoms with Gasteiger partial charge in [0.15, 0.2) is 0 Å². The molecule has 0 saturated carbocycles. The van der Waals surface area contributed by atoms with Crippen LogP contribution in [0.2, 0.25) is 5.02 Å². The van der Waals surface area contributed by atoms with Gasteiger partial charge in [0.1, 0.15) is 5.75 Å². The number of amides is 1. The molecule has 1 amide bonds. The van der Waals surface area contributed by atoms with Crippen LogP contribution in [0.5, 0.6) is 5.75 Å². The van der Waals surface area contributed by atoms with Crippen LogP contribution in [-0.4, -0.2) is 12.5 Å². The Morgan fingerprint density at radius 2 is 1.66 bits per heavy atom. The van der Waals surface area contributed by atoms with Crippen LogP contribution in [0.3, 0.4) is 0 Å². The fourth-order valence-corrected chi connectivity index (χ4v) is 3.81. The van der Waals surface area contributed by atoms with Gasteiger partial charge in [-0.15, -0.1) is 11.8 Å². The van der Waals surface area contributed by atoms with E-state index in [0.717, 1.165) is 22.1 Å². The molecule has 0 unspecified atom stereocenters. The number of carbonyl (C=O) groups excluding carboxylic acids is 1. The fraction of sp³-hybridized carbons (Fsp3) is 0.208. The minimum Gasteiger partial charge on any atom is -0.494 e. The van der Waals surface area contributed by atoms with Gasteiger partial charge < -0.3 is 10.1 Å². The van der Waals surface area contributed by atoms with Crippen LogP contribution in [0.25, 0.3) is 0 Å². The van der Waals surface area contributed by atoms with Gasteiger partial charge in [0.05, 0.1) is 12.6 Å². The molecule has 1 N–H and O–H groups in total. The van der Waals surface area contributed by atoms with Crippen LogP contribution in [0.1, 0.15) is 41.4 Å². The van der Waals surface area contributed by atoms with Crippen molar-refractivity contribution in [1.29, 1.82) is 0 Å². The third-order valence-corrected chi connectivity index (χ3v) is 5.81. The molecule has 0 radical (unpaired) electrons. The van der Waals surface area contributed by atoms with E-state index < -0.39 is 0 Å². The molecule has 29 heavy (non-hydrogen) atoms. The normalized spacial score (nSPS) is 11.7.